The second-order valence-electron chi connectivity index (χ2n) is 3.94. The minimum Gasteiger partial charge on any atom is -0.368 e. The molecular weight excluding hydrogens is 293 g/mol. The second kappa shape index (κ2) is 4.10. The van der Waals surface area contributed by atoms with Crippen molar-refractivity contribution in [2.45, 2.75) is 36.4 Å². The molecular formula is C7H7F7N2O3. The molecule has 0 bridgehead atoms. The van der Waals surface area contributed by atoms with Gasteiger partial charge in [0.1, 0.15) is 0 Å². The molecule has 1 saturated heterocycles. The fourth-order valence-electron chi connectivity index (χ4n) is 1.49. The molecule has 0 spiro atoms. The van der Waals surface area contributed by atoms with Gasteiger partial charge in [-0.2, -0.15) is 26.3 Å². The number of halogens is 7. The summed E-state index contributed by atoms with van der Waals surface area (Å²) in [7, 11) is 0. The van der Waals surface area contributed by atoms with Gasteiger partial charge in [0.2, 0.25) is 11.9 Å². The van der Waals surface area contributed by atoms with Crippen LogP contribution in [0.15, 0.2) is 0 Å². The van der Waals surface area contributed by atoms with Crippen molar-refractivity contribution in [3.05, 3.63) is 0 Å². The quantitative estimate of drug-likeness (QED) is 0.533. The number of hydrogen-bond donors (Lipinski definition) is 4. The Morgan fingerprint density at radius 1 is 1.11 bits per heavy atom. The van der Waals surface area contributed by atoms with E-state index < -0.39 is 42.4 Å². The molecule has 12 heteroatoms. The molecule has 1 rings (SSSR count). The van der Waals surface area contributed by atoms with Crippen LogP contribution in [0.2, 0.25) is 0 Å². The highest BCUT2D eigenvalue weighted by atomic mass is 19.4. The molecule has 2 amide bonds. The molecule has 0 saturated carbocycles. The first kappa shape index (κ1) is 15.8. The second-order valence-corrected chi connectivity index (χ2v) is 3.94. The standard InChI is InChI=1S/C7H7F7N2O3/c8-2(6(9,10)11)4(18)1-5(19,7(12,13)14)16-3(17)15-4/h2,18-19H,1H2,(H2,15,16,17). The Morgan fingerprint density at radius 2 is 1.58 bits per heavy atom. The Hall–Kier alpha value is -1.30. The van der Waals surface area contributed by atoms with Crippen LogP contribution in [0.5, 0.6) is 0 Å². The Bertz CT molecular complexity index is 384. The number of urea groups is 1. The van der Waals surface area contributed by atoms with E-state index in [4.69, 9.17) is 5.11 Å². The maximum atomic E-state index is 13.0. The number of amides is 2. The SMILES string of the molecule is O=C1NC(O)(C(F)C(F)(F)F)CC(O)(C(F)(F)F)N1. The van der Waals surface area contributed by atoms with Crippen LogP contribution in [0, 0.1) is 0 Å². The van der Waals surface area contributed by atoms with Crippen LogP contribution in [-0.2, 0) is 0 Å². The molecule has 1 aliphatic rings. The lowest BCUT2D eigenvalue weighted by molar-refractivity contribution is -0.309. The Balaban J connectivity index is 3.14. The molecule has 0 aromatic rings. The van der Waals surface area contributed by atoms with Gasteiger partial charge in [-0.15, -0.1) is 0 Å². The molecule has 0 aliphatic carbocycles. The molecule has 4 N–H and O–H groups in total. The number of alkyl halides is 7. The van der Waals surface area contributed by atoms with E-state index in [-0.39, 0.29) is 0 Å². The summed E-state index contributed by atoms with van der Waals surface area (Å²) in [5.74, 6) is 0. The summed E-state index contributed by atoms with van der Waals surface area (Å²) in [6.07, 6.45) is -17.7. The van der Waals surface area contributed by atoms with E-state index >= 15 is 0 Å². The lowest BCUT2D eigenvalue weighted by Crippen LogP contribution is -2.76. The van der Waals surface area contributed by atoms with E-state index in [9.17, 15) is 40.6 Å². The Kier molecular flexibility index (Phi) is 3.40. The summed E-state index contributed by atoms with van der Waals surface area (Å²) in [5.41, 5.74) is -8.12. The molecule has 0 aromatic carbocycles. The maximum absolute atomic E-state index is 13.0. The molecule has 3 unspecified atom stereocenters. The van der Waals surface area contributed by atoms with Crippen LogP contribution < -0.4 is 10.6 Å². The summed E-state index contributed by atoms with van der Waals surface area (Å²) in [4.78, 5) is 10.8. The zero-order valence-corrected chi connectivity index (χ0v) is 8.73. The average molecular weight is 300 g/mol. The maximum Gasteiger partial charge on any atom is 0.436 e. The first-order valence-electron chi connectivity index (χ1n) is 4.54. The molecule has 1 aliphatic heterocycles. The molecule has 3 atom stereocenters. The van der Waals surface area contributed by atoms with Crippen LogP contribution in [0.3, 0.4) is 0 Å². The zero-order valence-electron chi connectivity index (χ0n) is 8.73. The molecule has 0 aromatic heterocycles. The van der Waals surface area contributed by atoms with Gasteiger partial charge in [0.25, 0.3) is 0 Å². The van der Waals surface area contributed by atoms with Crippen molar-refractivity contribution in [2.24, 2.45) is 0 Å². The third-order valence-corrected chi connectivity index (χ3v) is 2.35. The largest absolute Gasteiger partial charge is 0.436 e. The number of rotatable bonds is 1. The average Bonchev–Trinajstić information content (AvgIpc) is 2.11. The normalized spacial score (nSPS) is 34.5. The number of carbonyl (C=O) groups excluding carboxylic acids is 1. The van der Waals surface area contributed by atoms with E-state index in [1.807, 2.05) is 0 Å². The van der Waals surface area contributed by atoms with Gasteiger partial charge in [-0.25, -0.2) is 9.18 Å². The van der Waals surface area contributed by atoms with Crippen LogP contribution in [-0.4, -0.2) is 46.2 Å². The molecule has 19 heavy (non-hydrogen) atoms. The van der Waals surface area contributed by atoms with E-state index in [2.05, 4.69) is 0 Å². The molecule has 1 heterocycles. The summed E-state index contributed by atoms with van der Waals surface area (Å²) in [6, 6.07) is -2.00. The van der Waals surface area contributed by atoms with Crippen molar-refractivity contribution in [2.75, 3.05) is 0 Å². The Morgan fingerprint density at radius 3 is 1.95 bits per heavy atom. The molecule has 5 nitrogen and oxygen atoms in total. The van der Waals surface area contributed by atoms with Gasteiger partial charge in [0, 0.05) is 0 Å². The van der Waals surface area contributed by atoms with Gasteiger partial charge < -0.3 is 20.8 Å². The van der Waals surface area contributed by atoms with Gasteiger partial charge in [0.15, 0.2) is 5.72 Å². The van der Waals surface area contributed by atoms with Crippen molar-refractivity contribution in [3.63, 3.8) is 0 Å². The molecule has 1 fully saturated rings. The summed E-state index contributed by atoms with van der Waals surface area (Å²) in [5, 5.41) is 20.1. The van der Waals surface area contributed by atoms with Crippen molar-refractivity contribution in [1.82, 2.24) is 10.6 Å². The highest BCUT2D eigenvalue weighted by molar-refractivity contribution is 5.76. The Labute approximate surface area is 99.9 Å². The van der Waals surface area contributed by atoms with Gasteiger partial charge in [-0.1, -0.05) is 0 Å². The third kappa shape index (κ3) is 2.83. The van der Waals surface area contributed by atoms with Gasteiger partial charge in [0.05, 0.1) is 6.42 Å². The lowest BCUT2D eigenvalue weighted by atomic mass is 9.92. The number of carbonyl (C=O) groups is 1. The van der Waals surface area contributed by atoms with Crippen LogP contribution >= 0.6 is 0 Å². The van der Waals surface area contributed by atoms with E-state index in [1.54, 1.807) is 0 Å². The van der Waals surface area contributed by atoms with Gasteiger partial charge >= 0.3 is 18.4 Å². The fourth-order valence-corrected chi connectivity index (χ4v) is 1.49. The van der Waals surface area contributed by atoms with Crippen molar-refractivity contribution >= 4 is 6.03 Å². The van der Waals surface area contributed by atoms with Gasteiger partial charge in [-0.3, -0.25) is 0 Å². The topological polar surface area (TPSA) is 81.6 Å². The minimum atomic E-state index is -5.73. The molecule has 112 valence electrons. The highest BCUT2D eigenvalue weighted by Gasteiger charge is 2.67. The lowest BCUT2D eigenvalue weighted by Gasteiger charge is -2.44. The van der Waals surface area contributed by atoms with Crippen LogP contribution in [0.25, 0.3) is 0 Å². The summed E-state index contributed by atoms with van der Waals surface area (Å²) >= 11 is 0. The minimum absolute atomic E-state index is 0.881. The monoisotopic (exact) mass is 300 g/mol. The predicted molar refractivity (Wildman–Crippen MR) is 43.2 cm³/mol. The third-order valence-electron chi connectivity index (χ3n) is 2.35. The van der Waals surface area contributed by atoms with Gasteiger partial charge in [-0.05, 0) is 0 Å². The molecule has 0 radical (unpaired) electrons. The van der Waals surface area contributed by atoms with E-state index in [1.165, 1.54) is 0 Å². The smallest absolute Gasteiger partial charge is 0.368 e. The fraction of sp³-hybridized carbons (Fsp3) is 0.857. The number of nitrogens with one attached hydrogen (secondary N) is 2. The zero-order chi connectivity index (χ0) is 15.3. The van der Waals surface area contributed by atoms with E-state index in [0.29, 0.717) is 0 Å². The van der Waals surface area contributed by atoms with Crippen LogP contribution in [0.4, 0.5) is 35.5 Å². The predicted octanol–water partition coefficient (Wildman–Crippen LogP) is 0.529. The summed E-state index contributed by atoms with van der Waals surface area (Å²) < 4.78 is 86.4. The van der Waals surface area contributed by atoms with Crippen LogP contribution in [0.1, 0.15) is 6.42 Å². The van der Waals surface area contributed by atoms with E-state index in [0.717, 1.165) is 10.6 Å². The summed E-state index contributed by atoms with van der Waals surface area (Å²) in [6.45, 7) is 0. The van der Waals surface area contributed by atoms with Crippen molar-refractivity contribution in [3.8, 4) is 0 Å². The van der Waals surface area contributed by atoms with Crippen molar-refractivity contribution < 1.29 is 45.7 Å². The number of aliphatic hydroxyl groups is 2. The first-order chi connectivity index (χ1) is 8.21. The van der Waals surface area contributed by atoms with Crippen molar-refractivity contribution in [1.29, 1.82) is 0 Å². The first-order valence-corrected chi connectivity index (χ1v) is 4.54. The number of hydrogen-bond acceptors (Lipinski definition) is 3. The highest BCUT2D eigenvalue weighted by Crippen LogP contribution is 2.41.